The van der Waals surface area contributed by atoms with Crippen molar-refractivity contribution in [1.29, 1.82) is 0 Å². The summed E-state index contributed by atoms with van der Waals surface area (Å²) in [4.78, 5) is 2.54. The number of aromatic nitrogens is 1. The molecule has 0 radical (unpaired) electrons. The van der Waals surface area contributed by atoms with Crippen LogP contribution in [0.3, 0.4) is 0 Å². The van der Waals surface area contributed by atoms with E-state index in [2.05, 4.69) is 34.4 Å². The maximum atomic E-state index is 3.98. The first-order valence-electron chi connectivity index (χ1n) is 8.49. The molecule has 0 amide bonds. The molecule has 1 saturated heterocycles. The maximum absolute atomic E-state index is 3.98. The molecule has 1 atom stereocenters. The van der Waals surface area contributed by atoms with Crippen LogP contribution < -0.4 is 4.57 Å². The van der Waals surface area contributed by atoms with E-state index in [1.165, 1.54) is 62.8 Å². The Hall–Kier alpha value is -1.57. The number of pyridine rings is 1. The minimum absolute atomic E-state index is 0.833. The lowest BCUT2D eigenvalue weighted by Gasteiger charge is -2.43. The van der Waals surface area contributed by atoms with Crippen LogP contribution in [-0.2, 0) is 19.4 Å². The molecule has 2 heteroatoms. The zero-order valence-electron chi connectivity index (χ0n) is 12.9. The van der Waals surface area contributed by atoms with Crippen LogP contribution in [0, 0.1) is 0 Å². The molecule has 0 bridgehead atoms. The summed E-state index contributed by atoms with van der Waals surface area (Å²) in [5, 5.41) is 0. The Morgan fingerprint density at radius 2 is 2.10 bits per heavy atom. The molecule has 21 heavy (non-hydrogen) atoms. The van der Waals surface area contributed by atoms with E-state index < -0.39 is 0 Å². The van der Waals surface area contributed by atoms with Gasteiger partial charge in [-0.3, -0.25) is 0 Å². The Morgan fingerprint density at radius 1 is 1.19 bits per heavy atom. The van der Waals surface area contributed by atoms with Gasteiger partial charge in [-0.2, -0.15) is 4.57 Å². The molecule has 0 spiro atoms. The van der Waals surface area contributed by atoms with Crippen LogP contribution in [0.5, 0.6) is 0 Å². The molecule has 110 valence electrons. The Kier molecular flexibility index (Phi) is 3.33. The summed E-state index contributed by atoms with van der Waals surface area (Å²) in [7, 11) is 0. The number of nitrogens with zero attached hydrogens (tertiary/aromatic N) is 2. The van der Waals surface area contributed by atoms with E-state index in [9.17, 15) is 0 Å². The SMILES string of the molecule is C=CC[n+]1c(C2=CN3CCC3CC2)ccc2c1CCCC2. The highest BCUT2D eigenvalue weighted by atomic mass is 15.2. The topological polar surface area (TPSA) is 7.12 Å². The summed E-state index contributed by atoms with van der Waals surface area (Å²) >= 11 is 0. The van der Waals surface area contributed by atoms with Gasteiger partial charge in [0.05, 0.1) is 0 Å². The predicted octanol–water partition coefficient (Wildman–Crippen LogP) is 3.25. The first-order valence-corrected chi connectivity index (χ1v) is 8.49. The van der Waals surface area contributed by atoms with Gasteiger partial charge in [0, 0.05) is 42.4 Å². The summed E-state index contributed by atoms with van der Waals surface area (Å²) in [5.41, 5.74) is 6.08. The lowest BCUT2D eigenvalue weighted by molar-refractivity contribution is -0.697. The minimum atomic E-state index is 0.833. The Bertz CT molecular complexity index is 600. The van der Waals surface area contributed by atoms with Gasteiger partial charge in [-0.05, 0) is 50.7 Å². The van der Waals surface area contributed by atoms with E-state index in [1.54, 1.807) is 11.3 Å². The zero-order valence-corrected chi connectivity index (χ0v) is 12.9. The Balaban J connectivity index is 1.77. The zero-order chi connectivity index (χ0) is 14.2. The molecule has 0 N–H and O–H groups in total. The smallest absolute Gasteiger partial charge is 0.210 e. The standard InChI is InChI=1S/C19H25N2/c1-2-12-21-18-6-4-3-5-15(18)8-10-19(21)16-7-9-17-11-13-20(17)14-16/h2,8,10,14,17H,1,3-7,9,11-13H2/q+1. The highest BCUT2D eigenvalue weighted by Crippen LogP contribution is 2.34. The molecule has 4 rings (SSSR count). The van der Waals surface area contributed by atoms with Gasteiger partial charge in [-0.25, -0.2) is 0 Å². The van der Waals surface area contributed by atoms with Crippen LogP contribution in [0.1, 0.15) is 49.1 Å². The number of hydrogen-bond acceptors (Lipinski definition) is 1. The molecule has 1 aliphatic carbocycles. The van der Waals surface area contributed by atoms with Gasteiger partial charge in [0.15, 0.2) is 12.2 Å². The first kappa shape index (κ1) is 13.1. The van der Waals surface area contributed by atoms with E-state index >= 15 is 0 Å². The molecule has 2 nitrogen and oxygen atoms in total. The van der Waals surface area contributed by atoms with Crippen molar-refractivity contribution in [3.8, 4) is 0 Å². The molecule has 1 fully saturated rings. The summed E-state index contributed by atoms with van der Waals surface area (Å²) in [6.07, 6.45) is 13.6. The summed E-state index contributed by atoms with van der Waals surface area (Å²) < 4.78 is 2.54. The van der Waals surface area contributed by atoms with Gasteiger partial charge in [0.1, 0.15) is 0 Å². The van der Waals surface area contributed by atoms with Crippen molar-refractivity contribution in [2.45, 2.75) is 57.5 Å². The molecule has 1 aromatic heterocycles. The summed E-state index contributed by atoms with van der Waals surface area (Å²) in [6, 6.07) is 5.57. The van der Waals surface area contributed by atoms with Crippen LogP contribution in [-0.4, -0.2) is 17.5 Å². The largest absolute Gasteiger partial charge is 0.374 e. The van der Waals surface area contributed by atoms with Crippen molar-refractivity contribution in [2.24, 2.45) is 0 Å². The molecule has 3 heterocycles. The van der Waals surface area contributed by atoms with Crippen molar-refractivity contribution in [1.82, 2.24) is 4.90 Å². The summed E-state index contributed by atoms with van der Waals surface area (Å²) in [6.45, 7) is 6.17. The van der Waals surface area contributed by atoms with Gasteiger partial charge in [0.2, 0.25) is 5.69 Å². The fourth-order valence-corrected chi connectivity index (χ4v) is 4.16. The second kappa shape index (κ2) is 5.32. The van der Waals surface area contributed by atoms with Crippen LogP contribution >= 0.6 is 0 Å². The average Bonchev–Trinajstić information content (AvgIpc) is 2.49. The number of aryl methyl sites for hydroxylation is 1. The van der Waals surface area contributed by atoms with Gasteiger partial charge in [-0.15, -0.1) is 0 Å². The molecule has 1 unspecified atom stereocenters. The van der Waals surface area contributed by atoms with Crippen molar-refractivity contribution >= 4 is 5.57 Å². The number of fused-ring (bicyclic) bond motifs is 2. The third-order valence-corrected chi connectivity index (χ3v) is 5.44. The third kappa shape index (κ3) is 2.21. The van der Waals surface area contributed by atoms with Gasteiger partial charge in [-0.1, -0.05) is 6.58 Å². The third-order valence-electron chi connectivity index (χ3n) is 5.44. The van der Waals surface area contributed by atoms with E-state index in [1.807, 2.05) is 6.08 Å². The van der Waals surface area contributed by atoms with Gasteiger partial charge < -0.3 is 4.90 Å². The molecular weight excluding hydrogens is 256 g/mol. The van der Waals surface area contributed by atoms with Crippen LogP contribution in [0.4, 0.5) is 0 Å². The van der Waals surface area contributed by atoms with Crippen LogP contribution in [0.2, 0.25) is 0 Å². The monoisotopic (exact) mass is 281 g/mol. The normalized spacial score (nSPS) is 23.7. The fraction of sp³-hybridized carbons (Fsp3) is 0.526. The highest BCUT2D eigenvalue weighted by Gasteiger charge is 2.32. The van der Waals surface area contributed by atoms with Crippen molar-refractivity contribution < 1.29 is 4.57 Å². The van der Waals surface area contributed by atoms with Crippen LogP contribution in [0.15, 0.2) is 31.0 Å². The highest BCUT2D eigenvalue weighted by molar-refractivity contribution is 5.61. The van der Waals surface area contributed by atoms with E-state index in [0.29, 0.717) is 0 Å². The first-order chi connectivity index (χ1) is 10.4. The quantitative estimate of drug-likeness (QED) is 0.609. The molecule has 0 aromatic carbocycles. The van der Waals surface area contributed by atoms with Gasteiger partial charge >= 0.3 is 0 Å². The number of rotatable bonds is 3. The number of hydrogen-bond donors (Lipinski definition) is 0. The van der Waals surface area contributed by atoms with Crippen molar-refractivity contribution in [3.05, 3.63) is 47.9 Å². The van der Waals surface area contributed by atoms with Crippen molar-refractivity contribution in [2.75, 3.05) is 6.54 Å². The average molecular weight is 281 g/mol. The molecule has 1 aromatic rings. The molecule has 2 aliphatic heterocycles. The lowest BCUT2D eigenvalue weighted by Crippen LogP contribution is -2.48. The Morgan fingerprint density at radius 3 is 2.86 bits per heavy atom. The van der Waals surface area contributed by atoms with E-state index in [4.69, 9.17) is 0 Å². The minimum Gasteiger partial charge on any atom is -0.374 e. The Labute approximate surface area is 127 Å². The summed E-state index contributed by atoms with van der Waals surface area (Å²) in [5.74, 6) is 0. The fourth-order valence-electron chi connectivity index (χ4n) is 4.16. The number of allylic oxidation sites excluding steroid dienone is 2. The van der Waals surface area contributed by atoms with Gasteiger partial charge in [0.25, 0.3) is 0 Å². The lowest BCUT2D eigenvalue weighted by atomic mass is 9.89. The van der Waals surface area contributed by atoms with Crippen molar-refractivity contribution in [3.63, 3.8) is 0 Å². The second-order valence-electron chi connectivity index (χ2n) is 6.67. The second-order valence-corrected chi connectivity index (χ2v) is 6.67. The predicted molar refractivity (Wildman–Crippen MR) is 85.8 cm³/mol. The van der Waals surface area contributed by atoms with E-state index in [-0.39, 0.29) is 0 Å². The van der Waals surface area contributed by atoms with Crippen LogP contribution in [0.25, 0.3) is 5.57 Å². The maximum Gasteiger partial charge on any atom is 0.210 e. The molecular formula is C19H25N2+. The van der Waals surface area contributed by atoms with E-state index in [0.717, 1.165) is 12.6 Å². The molecule has 0 saturated carbocycles. The molecule has 3 aliphatic rings.